The molecule has 1 saturated heterocycles. The van der Waals surface area contributed by atoms with Crippen LogP contribution in [0.25, 0.3) is 22.6 Å². The van der Waals surface area contributed by atoms with Gasteiger partial charge in [-0.25, -0.2) is 19.3 Å². The first-order chi connectivity index (χ1) is 15.7. The number of nitrogens with zero attached hydrogens (tertiary/aromatic N) is 5. The Labute approximate surface area is 185 Å². The lowest BCUT2D eigenvalue weighted by Gasteiger charge is -2.26. The van der Waals surface area contributed by atoms with Gasteiger partial charge in [0.1, 0.15) is 18.2 Å². The molecule has 4 aromatic rings. The van der Waals surface area contributed by atoms with E-state index in [0.29, 0.717) is 24.4 Å². The first kappa shape index (κ1) is 20.5. The van der Waals surface area contributed by atoms with E-state index in [0.717, 1.165) is 55.4 Å². The number of aromatic nitrogens is 4. The van der Waals surface area contributed by atoms with Gasteiger partial charge in [0.05, 0.1) is 38.0 Å². The summed E-state index contributed by atoms with van der Waals surface area (Å²) in [6.45, 7) is 5.51. The molecule has 0 atom stereocenters. The molecule has 0 saturated carbocycles. The van der Waals surface area contributed by atoms with Crippen LogP contribution in [0.5, 0.6) is 5.75 Å². The predicted molar refractivity (Wildman–Crippen MR) is 119 cm³/mol. The molecule has 1 aliphatic rings. The normalized spacial score (nSPS) is 14.7. The summed E-state index contributed by atoms with van der Waals surface area (Å²) in [4.78, 5) is 16.0. The first-order valence-electron chi connectivity index (χ1n) is 10.7. The lowest BCUT2D eigenvalue weighted by Crippen LogP contribution is -2.38. The summed E-state index contributed by atoms with van der Waals surface area (Å²) in [5.41, 5.74) is 3.91. The molecular formula is C24H24FN5O2. The second kappa shape index (κ2) is 9.42. The van der Waals surface area contributed by atoms with Gasteiger partial charge in [-0.1, -0.05) is 24.3 Å². The lowest BCUT2D eigenvalue weighted by atomic mass is 10.1. The molecule has 32 heavy (non-hydrogen) atoms. The van der Waals surface area contributed by atoms with E-state index in [1.165, 1.54) is 12.1 Å². The summed E-state index contributed by atoms with van der Waals surface area (Å²) >= 11 is 0. The van der Waals surface area contributed by atoms with Gasteiger partial charge in [0.15, 0.2) is 11.3 Å². The molecule has 5 rings (SSSR count). The molecule has 0 bridgehead atoms. The highest BCUT2D eigenvalue weighted by molar-refractivity contribution is 5.71. The molecule has 0 N–H and O–H groups in total. The number of fused-ring (bicyclic) bond motifs is 1. The zero-order chi connectivity index (χ0) is 21.8. The Morgan fingerprint density at radius 3 is 2.72 bits per heavy atom. The average Bonchev–Trinajstić information content (AvgIpc) is 3.23. The second-order valence-electron chi connectivity index (χ2n) is 7.73. The van der Waals surface area contributed by atoms with E-state index in [-0.39, 0.29) is 5.82 Å². The predicted octanol–water partition coefficient (Wildman–Crippen LogP) is 3.39. The fourth-order valence-corrected chi connectivity index (χ4v) is 3.74. The van der Waals surface area contributed by atoms with Crippen LogP contribution in [0.4, 0.5) is 4.39 Å². The van der Waals surface area contributed by atoms with Crippen molar-refractivity contribution in [3.05, 3.63) is 72.4 Å². The summed E-state index contributed by atoms with van der Waals surface area (Å²) < 4.78 is 26.5. The first-order valence-corrected chi connectivity index (χ1v) is 10.7. The Morgan fingerprint density at radius 2 is 1.88 bits per heavy atom. The van der Waals surface area contributed by atoms with Crippen molar-refractivity contribution >= 4 is 11.3 Å². The summed E-state index contributed by atoms with van der Waals surface area (Å²) in [6, 6.07) is 14.3. The van der Waals surface area contributed by atoms with Gasteiger partial charge < -0.3 is 14.0 Å². The van der Waals surface area contributed by atoms with E-state index >= 15 is 0 Å². The largest absolute Gasteiger partial charge is 0.492 e. The molecule has 2 aromatic heterocycles. The van der Waals surface area contributed by atoms with Crippen molar-refractivity contribution in [1.29, 1.82) is 0 Å². The summed E-state index contributed by atoms with van der Waals surface area (Å²) in [5, 5.41) is 0. The van der Waals surface area contributed by atoms with Gasteiger partial charge in [-0.15, -0.1) is 0 Å². The fraction of sp³-hybridized carbons (Fsp3) is 0.292. The van der Waals surface area contributed by atoms with E-state index in [9.17, 15) is 4.39 Å². The maximum Gasteiger partial charge on any atom is 0.197 e. The van der Waals surface area contributed by atoms with Crippen LogP contribution < -0.4 is 4.74 Å². The zero-order valence-electron chi connectivity index (χ0n) is 17.7. The maximum atomic E-state index is 13.2. The van der Waals surface area contributed by atoms with Crippen molar-refractivity contribution in [2.75, 3.05) is 39.5 Å². The molecule has 0 spiro atoms. The van der Waals surface area contributed by atoms with Crippen molar-refractivity contribution in [2.45, 2.75) is 6.54 Å². The Bertz CT molecular complexity index is 1190. The second-order valence-corrected chi connectivity index (χ2v) is 7.73. The topological polar surface area (TPSA) is 65.3 Å². The van der Waals surface area contributed by atoms with Gasteiger partial charge in [0.2, 0.25) is 0 Å². The van der Waals surface area contributed by atoms with Gasteiger partial charge >= 0.3 is 0 Å². The molecule has 7 nitrogen and oxygen atoms in total. The van der Waals surface area contributed by atoms with Gasteiger partial charge in [0, 0.05) is 25.2 Å². The standard InChI is InChI=1S/C24H24FN5O2/c25-20-6-4-18(5-7-20)16-30-17-27-23-24(30)28-22(15-26-23)19-2-1-3-21(14-19)32-13-10-29-8-11-31-12-9-29/h1-7,14-15,17H,8-13,16H2. The molecule has 0 radical (unpaired) electrons. The Morgan fingerprint density at radius 1 is 1.03 bits per heavy atom. The van der Waals surface area contributed by atoms with Gasteiger partial charge in [-0.05, 0) is 29.8 Å². The smallest absolute Gasteiger partial charge is 0.197 e. The summed E-state index contributed by atoms with van der Waals surface area (Å²) in [6.07, 6.45) is 3.44. The van der Waals surface area contributed by atoms with E-state index in [4.69, 9.17) is 14.5 Å². The molecule has 1 fully saturated rings. The van der Waals surface area contributed by atoms with Crippen LogP contribution in [0.15, 0.2) is 61.1 Å². The van der Waals surface area contributed by atoms with Crippen LogP contribution in [0.1, 0.15) is 5.56 Å². The van der Waals surface area contributed by atoms with Crippen LogP contribution in [-0.4, -0.2) is 63.9 Å². The van der Waals surface area contributed by atoms with Crippen LogP contribution in [0.2, 0.25) is 0 Å². The third-order valence-electron chi connectivity index (χ3n) is 5.50. The third kappa shape index (κ3) is 4.76. The number of morpholine rings is 1. The van der Waals surface area contributed by atoms with Gasteiger partial charge in [-0.2, -0.15) is 0 Å². The number of ether oxygens (including phenoxy) is 2. The van der Waals surface area contributed by atoms with Crippen molar-refractivity contribution in [1.82, 2.24) is 24.4 Å². The number of imidazole rings is 1. The molecule has 8 heteroatoms. The van der Waals surface area contributed by atoms with Crippen LogP contribution in [0.3, 0.4) is 0 Å². The molecule has 0 aliphatic carbocycles. The van der Waals surface area contributed by atoms with E-state index in [1.807, 2.05) is 28.8 Å². The molecule has 0 amide bonds. The third-order valence-corrected chi connectivity index (χ3v) is 5.50. The molecule has 1 aliphatic heterocycles. The molecule has 2 aromatic carbocycles. The van der Waals surface area contributed by atoms with Gasteiger partial charge in [-0.3, -0.25) is 4.90 Å². The number of halogens is 1. The maximum absolute atomic E-state index is 13.2. The van der Waals surface area contributed by atoms with Crippen LogP contribution >= 0.6 is 0 Å². The Kier molecular flexibility index (Phi) is 6.04. The Hall–Kier alpha value is -3.36. The molecule has 164 valence electrons. The Balaban J connectivity index is 1.31. The fourth-order valence-electron chi connectivity index (χ4n) is 3.74. The highest BCUT2D eigenvalue weighted by Gasteiger charge is 2.11. The minimum Gasteiger partial charge on any atom is -0.492 e. The van der Waals surface area contributed by atoms with Crippen LogP contribution in [0, 0.1) is 5.82 Å². The quantitative estimate of drug-likeness (QED) is 0.445. The van der Waals surface area contributed by atoms with Crippen molar-refractivity contribution < 1.29 is 13.9 Å². The molecule has 3 heterocycles. The lowest BCUT2D eigenvalue weighted by molar-refractivity contribution is 0.0322. The highest BCUT2D eigenvalue weighted by Crippen LogP contribution is 2.23. The molecule has 0 unspecified atom stereocenters. The van der Waals surface area contributed by atoms with Crippen LogP contribution in [-0.2, 0) is 11.3 Å². The highest BCUT2D eigenvalue weighted by atomic mass is 19.1. The molecular weight excluding hydrogens is 409 g/mol. The number of benzene rings is 2. The number of rotatable bonds is 7. The zero-order valence-corrected chi connectivity index (χ0v) is 17.7. The summed E-state index contributed by atoms with van der Waals surface area (Å²) in [5.74, 6) is 0.552. The minimum atomic E-state index is -0.252. The number of hydrogen-bond acceptors (Lipinski definition) is 6. The summed E-state index contributed by atoms with van der Waals surface area (Å²) in [7, 11) is 0. The van der Waals surface area contributed by atoms with Crippen molar-refractivity contribution in [2.24, 2.45) is 0 Å². The van der Waals surface area contributed by atoms with Gasteiger partial charge in [0.25, 0.3) is 0 Å². The van der Waals surface area contributed by atoms with E-state index < -0.39 is 0 Å². The van der Waals surface area contributed by atoms with Crippen molar-refractivity contribution in [3.63, 3.8) is 0 Å². The average molecular weight is 433 g/mol. The SMILES string of the molecule is Fc1ccc(Cn2cnc3ncc(-c4cccc(OCCN5CCOCC5)c4)nc32)cc1. The monoisotopic (exact) mass is 433 g/mol. The number of hydrogen-bond donors (Lipinski definition) is 0. The van der Waals surface area contributed by atoms with E-state index in [1.54, 1.807) is 24.7 Å². The van der Waals surface area contributed by atoms with E-state index in [2.05, 4.69) is 14.9 Å². The minimum absolute atomic E-state index is 0.252. The van der Waals surface area contributed by atoms with Crippen molar-refractivity contribution in [3.8, 4) is 17.0 Å².